The average Bonchev–Trinajstić information content (AvgIpc) is 2.32. The molecule has 5 nitrogen and oxygen atoms in total. The fourth-order valence-corrected chi connectivity index (χ4v) is 1.16. The first-order valence-corrected chi connectivity index (χ1v) is 4.18. The smallest absolute Gasteiger partial charge is 0.256 e. The first kappa shape index (κ1) is 10.4. The molecule has 0 aliphatic carbocycles. The van der Waals surface area contributed by atoms with E-state index < -0.39 is 23.7 Å². The van der Waals surface area contributed by atoms with Crippen LogP contribution in [-0.4, -0.2) is 29.2 Å². The zero-order chi connectivity index (χ0) is 10.9. The van der Waals surface area contributed by atoms with E-state index in [-0.39, 0.29) is 6.54 Å². The number of nitrogens with zero attached hydrogens (tertiary/aromatic N) is 1. The lowest BCUT2D eigenvalue weighted by atomic mass is 10.2. The molecule has 14 heavy (non-hydrogen) atoms. The van der Waals surface area contributed by atoms with Crippen molar-refractivity contribution in [2.45, 2.75) is 13.8 Å². The number of imide groups is 1. The second kappa shape index (κ2) is 3.61. The topological polar surface area (TPSA) is 77.5 Å². The van der Waals surface area contributed by atoms with E-state index in [2.05, 4.69) is 0 Å². The number of hydrogen-bond donors (Lipinski definition) is 0. The van der Waals surface area contributed by atoms with Gasteiger partial charge in [0.1, 0.15) is 0 Å². The normalized spacial score (nSPS) is 18.4. The molecule has 0 aromatic carbocycles. The summed E-state index contributed by atoms with van der Waals surface area (Å²) in [6, 6.07) is 0. The molecule has 2 amide bonds. The molecule has 1 aliphatic rings. The highest BCUT2D eigenvalue weighted by Crippen LogP contribution is 2.13. The van der Waals surface area contributed by atoms with Crippen molar-refractivity contribution in [1.82, 2.24) is 4.90 Å². The molecule has 1 rings (SSSR count). The Labute approximate surface area is 81.0 Å². The first-order valence-electron chi connectivity index (χ1n) is 4.18. The second-order valence-electron chi connectivity index (χ2n) is 3.30. The van der Waals surface area contributed by atoms with Crippen molar-refractivity contribution in [1.29, 1.82) is 0 Å². The minimum atomic E-state index is -1.27. The molecule has 0 aromatic heterocycles. The number of carboxylic acids is 1. The van der Waals surface area contributed by atoms with Crippen molar-refractivity contribution in [3.8, 4) is 0 Å². The highest BCUT2D eigenvalue weighted by atomic mass is 16.4. The summed E-state index contributed by atoms with van der Waals surface area (Å²) in [5.41, 5.74) is 0.334. The molecule has 76 valence electrons. The molecule has 0 saturated carbocycles. The number of aliphatic carboxylic acids is 1. The minimum Gasteiger partial charge on any atom is -0.550 e. The van der Waals surface area contributed by atoms with E-state index in [1.54, 1.807) is 0 Å². The number of carbonyl (C=O) groups is 3. The van der Waals surface area contributed by atoms with E-state index in [4.69, 9.17) is 0 Å². The average molecular weight is 196 g/mol. The molecule has 1 heterocycles. The van der Waals surface area contributed by atoms with Gasteiger partial charge in [-0.15, -0.1) is 0 Å². The Hall–Kier alpha value is -1.65. The Morgan fingerprint density at radius 3 is 2.50 bits per heavy atom. The van der Waals surface area contributed by atoms with E-state index in [9.17, 15) is 19.5 Å². The Morgan fingerprint density at radius 1 is 1.57 bits per heavy atom. The van der Waals surface area contributed by atoms with Crippen molar-refractivity contribution in [2.75, 3.05) is 6.54 Å². The number of carboxylic acid groups (broad SMARTS) is 1. The zero-order valence-electron chi connectivity index (χ0n) is 7.94. The third-order valence-electron chi connectivity index (χ3n) is 2.05. The molecule has 1 aliphatic heterocycles. The number of carbonyl (C=O) groups excluding carboxylic acids is 3. The van der Waals surface area contributed by atoms with Crippen LogP contribution in [0.3, 0.4) is 0 Å². The fourth-order valence-electron chi connectivity index (χ4n) is 1.16. The first-order chi connectivity index (χ1) is 6.43. The molecule has 0 N–H and O–H groups in total. The maximum atomic E-state index is 11.3. The standard InChI is InChI=1S/C9H11NO4/c1-5-3-7(11)10(8(5)12)4-6(2)9(13)14/h3,6H,4H2,1-2H3,(H,13,14)/p-1. The van der Waals surface area contributed by atoms with Crippen LogP contribution in [0.2, 0.25) is 0 Å². The monoisotopic (exact) mass is 196 g/mol. The molecule has 0 fully saturated rings. The molecule has 0 bridgehead atoms. The van der Waals surface area contributed by atoms with Gasteiger partial charge in [-0.2, -0.15) is 0 Å². The van der Waals surface area contributed by atoms with E-state index in [1.807, 2.05) is 0 Å². The predicted molar refractivity (Wildman–Crippen MR) is 44.6 cm³/mol. The lowest BCUT2D eigenvalue weighted by Crippen LogP contribution is -2.41. The van der Waals surface area contributed by atoms with Gasteiger partial charge in [0.25, 0.3) is 11.8 Å². The second-order valence-corrected chi connectivity index (χ2v) is 3.30. The highest BCUT2D eigenvalue weighted by molar-refractivity contribution is 6.15. The summed E-state index contributed by atoms with van der Waals surface area (Å²) in [7, 11) is 0. The minimum absolute atomic E-state index is 0.131. The van der Waals surface area contributed by atoms with E-state index >= 15 is 0 Å². The van der Waals surface area contributed by atoms with Gasteiger partial charge >= 0.3 is 0 Å². The molecule has 0 aromatic rings. The van der Waals surface area contributed by atoms with Crippen molar-refractivity contribution in [2.24, 2.45) is 5.92 Å². The fraction of sp³-hybridized carbons (Fsp3) is 0.444. The van der Waals surface area contributed by atoms with Gasteiger partial charge in [-0.1, -0.05) is 6.92 Å². The van der Waals surface area contributed by atoms with Gasteiger partial charge in [0, 0.05) is 30.1 Å². The van der Waals surface area contributed by atoms with Gasteiger partial charge in [0.05, 0.1) is 0 Å². The molecular formula is C9H10NO4-. The maximum Gasteiger partial charge on any atom is 0.256 e. The summed E-state index contributed by atoms with van der Waals surface area (Å²) in [6.45, 7) is 2.78. The summed E-state index contributed by atoms with van der Waals surface area (Å²) < 4.78 is 0. The van der Waals surface area contributed by atoms with Crippen LogP contribution in [-0.2, 0) is 14.4 Å². The van der Waals surface area contributed by atoms with Crippen LogP contribution in [0.25, 0.3) is 0 Å². The number of rotatable bonds is 3. The highest BCUT2D eigenvalue weighted by Gasteiger charge is 2.29. The predicted octanol–water partition coefficient (Wildman–Crippen LogP) is -1.31. The Balaban J connectivity index is 2.69. The van der Waals surface area contributed by atoms with Crippen LogP contribution in [0.15, 0.2) is 11.6 Å². The van der Waals surface area contributed by atoms with Crippen molar-refractivity contribution in [3.63, 3.8) is 0 Å². The van der Waals surface area contributed by atoms with E-state index in [1.165, 1.54) is 19.9 Å². The van der Waals surface area contributed by atoms with Gasteiger partial charge < -0.3 is 9.90 Å². The molecule has 0 radical (unpaired) electrons. The maximum absolute atomic E-state index is 11.3. The quantitative estimate of drug-likeness (QED) is 0.525. The molecular weight excluding hydrogens is 186 g/mol. The van der Waals surface area contributed by atoms with Crippen molar-refractivity contribution in [3.05, 3.63) is 11.6 Å². The van der Waals surface area contributed by atoms with Gasteiger partial charge in [-0.05, 0) is 6.92 Å². The van der Waals surface area contributed by atoms with Gasteiger partial charge in [0.2, 0.25) is 0 Å². The third kappa shape index (κ3) is 1.81. The van der Waals surface area contributed by atoms with Crippen molar-refractivity contribution >= 4 is 17.8 Å². The summed E-state index contributed by atoms with van der Waals surface area (Å²) in [5, 5.41) is 10.4. The number of amides is 2. The lowest BCUT2D eigenvalue weighted by molar-refractivity contribution is -0.311. The zero-order valence-corrected chi connectivity index (χ0v) is 7.94. The SMILES string of the molecule is CC1=CC(=O)N(CC(C)C(=O)[O-])C1=O. The van der Waals surface area contributed by atoms with Crippen LogP contribution in [0.5, 0.6) is 0 Å². The summed E-state index contributed by atoms with van der Waals surface area (Å²) in [6.07, 6.45) is 1.20. The third-order valence-corrected chi connectivity index (χ3v) is 2.05. The van der Waals surface area contributed by atoms with Crippen molar-refractivity contribution < 1.29 is 19.5 Å². The molecule has 1 unspecified atom stereocenters. The van der Waals surface area contributed by atoms with Gasteiger partial charge in [-0.25, -0.2) is 0 Å². The Morgan fingerprint density at radius 2 is 2.14 bits per heavy atom. The van der Waals surface area contributed by atoms with Crippen LogP contribution in [0.1, 0.15) is 13.8 Å². The molecule has 0 spiro atoms. The van der Waals surface area contributed by atoms with Crippen LogP contribution in [0.4, 0.5) is 0 Å². The van der Waals surface area contributed by atoms with E-state index in [0.29, 0.717) is 5.57 Å². The summed E-state index contributed by atoms with van der Waals surface area (Å²) in [4.78, 5) is 33.8. The van der Waals surface area contributed by atoms with Crippen LogP contribution < -0.4 is 5.11 Å². The summed E-state index contributed by atoms with van der Waals surface area (Å²) >= 11 is 0. The largest absolute Gasteiger partial charge is 0.550 e. The van der Waals surface area contributed by atoms with Gasteiger partial charge in [-0.3, -0.25) is 14.5 Å². The van der Waals surface area contributed by atoms with Crippen LogP contribution in [0, 0.1) is 5.92 Å². The van der Waals surface area contributed by atoms with E-state index in [0.717, 1.165) is 4.90 Å². The molecule has 5 heteroatoms. The lowest BCUT2D eigenvalue weighted by Gasteiger charge is -2.19. The Kier molecular flexibility index (Phi) is 2.69. The van der Waals surface area contributed by atoms with Gasteiger partial charge in [0.15, 0.2) is 0 Å². The van der Waals surface area contributed by atoms with Crippen LogP contribution >= 0.6 is 0 Å². The Bertz CT molecular complexity index is 332. The molecule has 1 atom stereocenters. The summed E-state index contributed by atoms with van der Waals surface area (Å²) in [5.74, 6) is -3.00. The number of hydrogen-bond acceptors (Lipinski definition) is 4. The molecule has 0 saturated heterocycles.